The molecule has 0 aliphatic rings. The third-order valence-corrected chi connectivity index (χ3v) is 4.27. The number of aromatic nitrogens is 1. The molecule has 5 heteroatoms. The van der Waals surface area contributed by atoms with Crippen molar-refractivity contribution < 1.29 is 4.74 Å². The van der Waals surface area contributed by atoms with E-state index in [4.69, 9.17) is 10.6 Å². The van der Waals surface area contributed by atoms with E-state index in [1.807, 2.05) is 36.0 Å². The Bertz CT molecular complexity index is 720. The molecule has 0 saturated heterocycles. The van der Waals surface area contributed by atoms with Gasteiger partial charge in [-0.1, -0.05) is 24.3 Å². The minimum absolute atomic E-state index is 0.0949. The van der Waals surface area contributed by atoms with Crippen molar-refractivity contribution in [3.8, 4) is 5.75 Å². The number of hydrogen-bond donors (Lipinski definition) is 2. The summed E-state index contributed by atoms with van der Waals surface area (Å²) in [7, 11) is 1.66. The lowest BCUT2D eigenvalue weighted by Crippen LogP contribution is -2.28. The minimum Gasteiger partial charge on any atom is -0.496 e. The molecule has 4 nitrogen and oxygen atoms in total. The van der Waals surface area contributed by atoms with E-state index in [-0.39, 0.29) is 6.04 Å². The van der Waals surface area contributed by atoms with Gasteiger partial charge in [0.2, 0.25) is 0 Å². The van der Waals surface area contributed by atoms with E-state index in [1.54, 1.807) is 18.4 Å². The van der Waals surface area contributed by atoms with Gasteiger partial charge in [0.15, 0.2) is 0 Å². The molecule has 0 amide bonds. The molecule has 0 radical (unpaired) electrons. The van der Waals surface area contributed by atoms with Crippen molar-refractivity contribution in [1.82, 2.24) is 10.4 Å². The zero-order chi connectivity index (χ0) is 13.9. The standard InChI is InChI=1S/C15H15N3OS/c1-19-11-6-14(20-9-11)15(18-16)13-8-17-7-10-4-2-3-5-12(10)13/h2-9,15,18H,16H2,1H3. The van der Waals surface area contributed by atoms with E-state index in [9.17, 15) is 0 Å². The first kappa shape index (κ1) is 13.1. The summed E-state index contributed by atoms with van der Waals surface area (Å²) in [4.78, 5) is 5.41. The Morgan fingerprint density at radius 1 is 1.30 bits per heavy atom. The molecule has 20 heavy (non-hydrogen) atoms. The van der Waals surface area contributed by atoms with Crippen LogP contribution in [0.4, 0.5) is 0 Å². The highest BCUT2D eigenvalue weighted by atomic mass is 32.1. The van der Waals surface area contributed by atoms with Crippen molar-refractivity contribution in [1.29, 1.82) is 0 Å². The van der Waals surface area contributed by atoms with Crippen molar-refractivity contribution in [2.75, 3.05) is 7.11 Å². The van der Waals surface area contributed by atoms with Crippen LogP contribution in [0.25, 0.3) is 10.8 Å². The van der Waals surface area contributed by atoms with Crippen molar-refractivity contribution in [3.05, 3.63) is 58.5 Å². The number of rotatable bonds is 4. The molecular weight excluding hydrogens is 270 g/mol. The number of ether oxygens (including phenoxy) is 1. The van der Waals surface area contributed by atoms with Gasteiger partial charge in [0, 0.05) is 33.6 Å². The number of nitrogens with two attached hydrogens (primary N) is 1. The Morgan fingerprint density at radius 2 is 2.15 bits per heavy atom. The molecule has 1 unspecified atom stereocenters. The van der Waals surface area contributed by atoms with Gasteiger partial charge < -0.3 is 4.74 Å². The van der Waals surface area contributed by atoms with Gasteiger partial charge in [0.05, 0.1) is 13.2 Å². The fourth-order valence-electron chi connectivity index (χ4n) is 2.29. The summed E-state index contributed by atoms with van der Waals surface area (Å²) in [5, 5.41) is 4.23. The number of thiophene rings is 1. The zero-order valence-electron chi connectivity index (χ0n) is 11.0. The quantitative estimate of drug-likeness (QED) is 0.571. The topological polar surface area (TPSA) is 60.2 Å². The highest BCUT2D eigenvalue weighted by Gasteiger charge is 2.17. The molecule has 3 aromatic rings. The van der Waals surface area contributed by atoms with E-state index >= 15 is 0 Å². The number of nitrogens with one attached hydrogen (secondary N) is 1. The molecule has 1 aromatic carbocycles. The molecule has 2 aromatic heterocycles. The lowest BCUT2D eigenvalue weighted by Gasteiger charge is -2.16. The molecule has 1 atom stereocenters. The van der Waals surface area contributed by atoms with Crippen LogP contribution in [-0.4, -0.2) is 12.1 Å². The number of hydrazine groups is 1. The van der Waals surface area contributed by atoms with E-state index in [2.05, 4.69) is 22.5 Å². The monoisotopic (exact) mass is 285 g/mol. The van der Waals surface area contributed by atoms with Gasteiger partial charge in [0.25, 0.3) is 0 Å². The van der Waals surface area contributed by atoms with Crippen molar-refractivity contribution >= 4 is 22.1 Å². The Labute approximate surface area is 121 Å². The van der Waals surface area contributed by atoms with Crippen LogP contribution in [0.1, 0.15) is 16.5 Å². The maximum Gasteiger partial charge on any atom is 0.129 e. The summed E-state index contributed by atoms with van der Waals surface area (Å²) in [5.74, 6) is 6.61. The Kier molecular flexibility index (Phi) is 3.64. The number of benzene rings is 1. The molecular formula is C15H15N3OS. The predicted molar refractivity (Wildman–Crippen MR) is 81.8 cm³/mol. The van der Waals surface area contributed by atoms with Crippen LogP contribution < -0.4 is 16.0 Å². The largest absolute Gasteiger partial charge is 0.496 e. The van der Waals surface area contributed by atoms with Gasteiger partial charge in [-0.2, -0.15) is 0 Å². The second-order valence-electron chi connectivity index (χ2n) is 4.44. The SMILES string of the molecule is COc1csc(C(NN)c2cncc3ccccc23)c1. The predicted octanol–water partition coefficient (Wildman–Crippen LogP) is 2.86. The van der Waals surface area contributed by atoms with Gasteiger partial charge in [0.1, 0.15) is 5.75 Å². The number of methoxy groups -OCH3 is 1. The Balaban J connectivity index is 2.11. The molecule has 3 rings (SSSR count). The first-order valence-corrected chi connectivity index (χ1v) is 7.12. The summed E-state index contributed by atoms with van der Waals surface area (Å²) in [6.45, 7) is 0. The van der Waals surface area contributed by atoms with Crippen LogP contribution in [0.5, 0.6) is 5.75 Å². The Hall–Kier alpha value is -1.95. The summed E-state index contributed by atoms with van der Waals surface area (Å²) in [6.07, 6.45) is 3.72. The van der Waals surface area contributed by atoms with Gasteiger partial charge in [-0.15, -0.1) is 11.3 Å². The normalized spacial score (nSPS) is 12.5. The van der Waals surface area contributed by atoms with Crippen LogP contribution in [0.15, 0.2) is 48.1 Å². The van der Waals surface area contributed by atoms with Crippen LogP contribution in [-0.2, 0) is 0 Å². The average molecular weight is 285 g/mol. The van der Waals surface area contributed by atoms with E-state index in [1.165, 1.54) is 0 Å². The maximum absolute atomic E-state index is 5.77. The lowest BCUT2D eigenvalue weighted by atomic mass is 10.0. The first-order chi connectivity index (χ1) is 9.83. The third kappa shape index (κ3) is 2.27. The second-order valence-corrected chi connectivity index (χ2v) is 5.38. The molecule has 0 aliphatic carbocycles. The molecule has 3 N–H and O–H groups in total. The van der Waals surface area contributed by atoms with Crippen LogP contribution in [0, 0.1) is 0 Å². The smallest absolute Gasteiger partial charge is 0.129 e. The summed E-state index contributed by atoms with van der Waals surface area (Å²) < 4.78 is 5.24. The molecule has 2 heterocycles. The zero-order valence-corrected chi connectivity index (χ0v) is 11.9. The molecule has 0 spiro atoms. The van der Waals surface area contributed by atoms with E-state index in [0.29, 0.717) is 0 Å². The maximum atomic E-state index is 5.77. The van der Waals surface area contributed by atoms with E-state index in [0.717, 1.165) is 27.0 Å². The highest BCUT2D eigenvalue weighted by molar-refractivity contribution is 7.10. The minimum atomic E-state index is -0.0949. The number of hydrogen-bond acceptors (Lipinski definition) is 5. The van der Waals surface area contributed by atoms with Gasteiger partial charge in [-0.25, -0.2) is 5.43 Å². The summed E-state index contributed by atoms with van der Waals surface area (Å²) >= 11 is 1.61. The molecule has 0 aliphatic heterocycles. The van der Waals surface area contributed by atoms with Crippen LogP contribution >= 0.6 is 11.3 Å². The van der Waals surface area contributed by atoms with Gasteiger partial charge in [-0.05, 0) is 11.5 Å². The van der Waals surface area contributed by atoms with Crippen LogP contribution in [0.3, 0.4) is 0 Å². The molecule has 102 valence electrons. The lowest BCUT2D eigenvalue weighted by molar-refractivity contribution is 0.416. The van der Waals surface area contributed by atoms with Crippen molar-refractivity contribution in [2.24, 2.45) is 5.84 Å². The first-order valence-electron chi connectivity index (χ1n) is 6.24. The molecule has 0 bridgehead atoms. The number of pyridine rings is 1. The summed E-state index contributed by atoms with van der Waals surface area (Å²) in [5.41, 5.74) is 3.94. The number of nitrogens with zero attached hydrogens (tertiary/aromatic N) is 1. The highest BCUT2D eigenvalue weighted by Crippen LogP contribution is 2.33. The second kappa shape index (κ2) is 5.58. The van der Waals surface area contributed by atoms with Gasteiger partial charge in [-0.3, -0.25) is 10.8 Å². The fourth-order valence-corrected chi connectivity index (χ4v) is 3.22. The fraction of sp³-hybridized carbons (Fsp3) is 0.133. The summed E-state index contributed by atoms with van der Waals surface area (Å²) in [6, 6.07) is 10.1. The van der Waals surface area contributed by atoms with E-state index < -0.39 is 0 Å². The number of fused-ring (bicyclic) bond motifs is 1. The third-order valence-electron chi connectivity index (χ3n) is 3.29. The van der Waals surface area contributed by atoms with Crippen LogP contribution in [0.2, 0.25) is 0 Å². The van der Waals surface area contributed by atoms with Crippen molar-refractivity contribution in [3.63, 3.8) is 0 Å². The molecule has 0 saturated carbocycles. The Morgan fingerprint density at radius 3 is 2.90 bits per heavy atom. The van der Waals surface area contributed by atoms with Crippen molar-refractivity contribution in [2.45, 2.75) is 6.04 Å². The molecule has 0 fully saturated rings. The average Bonchev–Trinajstić information content (AvgIpc) is 2.97. The van der Waals surface area contributed by atoms with Gasteiger partial charge >= 0.3 is 0 Å².